The monoisotopic (exact) mass is 293 g/mol. The van der Waals surface area contributed by atoms with Gasteiger partial charge in [0.25, 0.3) is 0 Å². The predicted octanol–water partition coefficient (Wildman–Crippen LogP) is -0.251. The molecule has 0 radical (unpaired) electrons. The topological polar surface area (TPSA) is 101 Å². The third-order valence-corrected chi connectivity index (χ3v) is 4.93. The fourth-order valence-corrected chi connectivity index (χ4v) is 3.10. The van der Waals surface area contributed by atoms with E-state index < -0.39 is 25.9 Å². The van der Waals surface area contributed by atoms with Crippen molar-refractivity contribution >= 4 is 19.9 Å². The van der Waals surface area contributed by atoms with Crippen LogP contribution in [-0.4, -0.2) is 40.8 Å². The minimum atomic E-state index is -3.74. The number of aliphatic hydroxyl groups excluding tert-OH is 1. The van der Waals surface area contributed by atoms with Crippen LogP contribution in [0.1, 0.15) is 6.92 Å². The van der Waals surface area contributed by atoms with E-state index in [-0.39, 0.29) is 16.4 Å². The molecule has 0 saturated carbocycles. The number of hydrogen-bond donors (Lipinski definition) is 2. The van der Waals surface area contributed by atoms with Crippen molar-refractivity contribution in [2.24, 2.45) is 0 Å². The van der Waals surface area contributed by atoms with E-state index >= 15 is 0 Å². The van der Waals surface area contributed by atoms with Gasteiger partial charge in [0.05, 0.1) is 16.4 Å². The molecule has 0 aliphatic rings. The van der Waals surface area contributed by atoms with Gasteiger partial charge in [0.1, 0.15) is 0 Å². The van der Waals surface area contributed by atoms with Crippen molar-refractivity contribution in [3.05, 3.63) is 24.3 Å². The van der Waals surface area contributed by atoms with Gasteiger partial charge >= 0.3 is 0 Å². The normalized spacial score (nSPS) is 14.4. The zero-order valence-corrected chi connectivity index (χ0v) is 11.6. The summed E-state index contributed by atoms with van der Waals surface area (Å²) in [5.74, 6) is 0. The van der Waals surface area contributed by atoms with Crippen LogP contribution in [-0.2, 0) is 19.9 Å². The standard InChI is InChI=1S/C10H15NO5S2/c1-8(7-12)11-18(15,16)10-5-3-9(4-6-10)17(2,13)14/h3-6,8,11-12H,7H2,1-2H3. The molecule has 8 heteroatoms. The molecule has 0 aromatic heterocycles. The lowest BCUT2D eigenvalue weighted by Crippen LogP contribution is -2.34. The largest absolute Gasteiger partial charge is 0.395 e. The number of hydrogen-bond acceptors (Lipinski definition) is 5. The highest BCUT2D eigenvalue weighted by Gasteiger charge is 2.17. The molecule has 1 unspecified atom stereocenters. The van der Waals surface area contributed by atoms with Crippen molar-refractivity contribution in [2.45, 2.75) is 22.8 Å². The van der Waals surface area contributed by atoms with Crippen molar-refractivity contribution in [2.75, 3.05) is 12.9 Å². The summed E-state index contributed by atoms with van der Waals surface area (Å²) in [6.45, 7) is 1.20. The second kappa shape index (κ2) is 5.35. The Morgan fingerprint density at radius 3 is 1.94 bits per heavy atom. The first-order chi connectivity index (χ1) is 8.16. The SMILES string of the molecule is CC(CO)NS(=O)(=O)c1ccc(S(C)(=O)=O)cc1. The second-order valence-electron chi connectivity index (χ2n) is 3.95. The van der Waals surface area contributed by atoms with Crippen molar-refractivity contribution in [3.8, 4) is 0 Å². The van der Waals surface area contributed by atoms with Crippen LogP contribution in [0.5, 0.6) is 0 Å². The summed E-state index contributed by atoms with van der Waals surface area (Å²) in [7, 11) is -7.09. The molecule has 0 saturated heterocycles. The molecule has 0 aliphatic heterocycles. The van der Waals surface area contributed by atoms with E-state index in [0.717, 1.165) is 6.26 Å². The van der Waals surface area contributed by atoms with Crippen LogP contribution in [0.15, 0.2) is 34.1 Å². The lowest BCUT2D eigenvalue weighted by Gasteiger charge is -2.11. The van der Waals surface area contributed by atoms with E-state index in [0.29, 0.717) is 0 Å². The lowest BCUT2D eigenvalue weighted by molar-refractivity contribution is 0.265. The first kappa shape index (κ1) is 15.1. The quantitative estimate of drug-likeness (QED) is 0.779. The summed E-state index contributed by atoms with van der Waals surface area (Å²) >= 11 is 0. The van der Waals surface area contributed by atoms with E-state index in [4.69, 9.17) is 5.11 Å². The zero-order chi connectivity index (χ0) is 14.0. The third-order valence-electron chi connectivity index (χ3n) is 2.19. The number of sulfonamides is 1. The van der Waals surface area contributed by atoms with Crippen LogP contribution in [0.25, 0.3) is 0 Å². The summed E-state index contributed by atoms with van der Waals surface area (Å²) in [5.41, 5.74) is 0. The molecule has 1 atom stereocenters. The third kappa shape index (κ3) is 3.77. The molecule has 0 heterocycles. The Labute approximate surface area is 107 Å². The van der Waals surface area contributed by atoms with Gasteiger partial charge in [0, 0.05) is 12.3 Å². The zero-order valence-electron chi connectivity index (χ0n) is 9.99. The Morgan fingerprint density at radius 2 is 1.56 bits per heavy atom. The lowest BCUT2D eigenvalue weighted by atomic mass is 10.4. The average Bonchev–Trinajstić information content (AvgIpc) is 2.27. The highest BCUT2D eigenvalue weighted by atomic mass is 32.2. The van der Waals surface area contributed by atoms with Gasteiger partial charge in [-0.1, -0.05) is 0 Å². The Morgan fingerprint density at radius 1 is 1.11 bits per heavy atom. The van der Waals surface area contributed by atoms with E-state index in [2.05, 4.69) is 4.72 Å². The van der Waals surface area contributed by atoms with Crippen LogP contribution in [0.4, 0.5) is 0 Å². The first-order valence-electron chi connectivity index (χ1n) is 5.10. The molecular formula is C10H15NO5S2. The number of benzene rings is 1. The van der Waals surface area contributed by atoms with Crippen molar-refractivity contribution in [3.63, 3.8) is 0 Å². The molecule has 18 heavy (non-hydrogen) atoms. The van der Waals surface area contributed by atoms with Crippen LogP contribution in [0.2, 0.25) is 0 Å². The summed E-state index contributed by atoms with van der Waals surface area (Å²) in [5, 5.41) is 8.79. The Kier molecular flexibility index (Phi) is 4.49. The van der Waals surface area contributed by atoms with Crippen LogP contribution in [0, 0.1) is 0 Å². The molecule has 0 spiro atoms. The van der Waals surface area contributed by atoms with Gasteiger partial charge in [-0.25, -0.2) is 21.6 Å². The highest BCUT2D eigenvalue weighted by Crippen LogP contribution is 2.14. The summed E-state index contributed by atoms with van der Waals surface area (Å²) in [6.07, 6.45) is 1.04. The van der Waals surface area contributed by atoms with E-state index in [1.165, 1.54) is 31.2 Å². The first-order valence-corrected chi connectivity index (χ1v) is 8.47. The Balaban J connectivity index is 3.06. The minimum absolute atomic E-state index is 0.0461. The predicted molar refractivity (Wildman–Crippen MR) is 66.4 cm³/mol. The summed E-state index contributed by atoms with van der Waals surface area (Å²) < 4.78 is 48.3. The van der Waals surface area contributed by atoms with Crippen molar-refractivity contribution in [1.29, 1.82) is 0 Å². The fraction of sp³-hybridized carbons (Fsp3) is 0.400. The molecule has 2 N–H and O–H groups in total. The van der Waals surface area contributed by atoms with E-state index in [9.17, 15) is 16.8 Å². The number of sulfone groups is 1. The van der Waals surface area contributed by atoms with Gasteiger partial charge in [-0.05, 0) is 31.2 Å². The van der Waals surface area contributed by atoms with Gasteiger partial charge in [-0.15, -0.1) is 0 Å². The van der Waals surface area contributed by atoms with Crippen LogP contribution in [0.3, 0.4) is 0 Å². The molecule has 0 bridgehead atoms. The smallest absolute Gasteiger partial charge is 0.240 e. The maximum atomic E-state index is 11.8. The molecule has 102 valence electrons. The number of aliphatic hydroxyl groups is 1. The van der Waals surface area contributed by atoms with Crippen molar-refractivity contribution < 1.29 is 21.9 Å². The number of nitrogens with one attached hydrogen (secondary N) is 1. The molecule has 0 amide bonds. The summed E-state index contributed by atoms with van der Waals surface area (Å²) in [6, 6.07) is 4.27. The van der Waals surface area contributed by atoms with Gasteiger partial charge in [-0.2, -0.15) is 0 Å². The van der Waals surface area contributed by atoms with Gasteiger partial charge in [-0.3, -0.25) is 0 Å². The molecule has 1 aromatic rings. The Bertz CT molecular complexity index is 604. The van der Waals surface area contributed by atoms with Gasteiger partial charge in [0.2, 0.25) is 10.0 Å². The molecule has 1 rings (SSSR count). The molecule has 1 aromatic carbocycles. The van der Waals surface area contributed by atoms with Crippen LogP contribution < -0.4 is 4.72 Å². The maximum Gasteiger partial charge on any atom is 0.240 e. The highest BCUT2D eigenvalue weighted by molar-refractivity contribution is 7.90. The summed E-state index contributed by atoms with van der Waals surface area (Å²) in [4.78, 5) is 0.00635. The number of rotatable bonds is 5. The molecule has 6 nitrogen and oxygen atoms in total. The van der Waals surface area contributed by atoms with E-state index in [1.54, 1.807) is 0 Å². The maximum absolute atomic E-state index is 11.8. The van der Waals surface area contributed by atoms with E-state index in [1.807, 2.05) is 0 Å². The average molecular weight is 293 g/mol. The Hall–Kier alpha value is -0.960. The van der Waals surface area contributed by atoms with Gasteiger partial charge < -0.3 is 5.11 Å². The van der Waals surface area contributed by atoms with Crippen molar-refractivity contribution in [1.82, 2.24) is 4.72 Å². The molecule has 0 aliphatic carbocycles. The van der Waals surface area contributed by atoms with Crippen LogP contribution >= 0.6 is 0 Å². The fourth-order valence-electron chi connectivity index (χ4n) is 1.24. The molecular weight excluding hydrogens is 278 g/mol. The second-order valence-corrected chi connectivity index (χ2v) is 7.68. The van der Waals surface area contributed by atoms with Gasteiger partial charge in [0.15, 0.2) is 9.84 Å². The molecule has 0 fully saturated rings. The minimum Gasteiger partial charge on any atom is -0.395 e.